The first-order chi connectivity index (χ1) is 6.61. The van der Waals surface area contributed by atoms with Gasteiger partial charge < -0.3 is 9.84 Å². The van der Waals surface area contributed by atoms with Gasteiger partial charge in [0.25, 0.3) is 0 Å². The lowest BCUT2D eigenvalue weighted by Gasteiger charge is -2.02. The van der Waals surface area contributed by atoms with Crippen molar-refractivity contribution in [3.05, 3.63) is 35.4 Å². The maximum atomic E-state index is 10.3. The molecule has 0 fully saturated rings. The first kappa shape index (κ1) is 10.3. The summed E-state index contributed by atoms with van der Waals surface area (Å²) in [5, 5.41) is 8.45. The Morgan fingerprint density at radius 3 is 2.71 bits per heavy atom. The van der Waals surface area contributed by atoms with Gasteiger partial charge in [0.05, 0.1) is 7.11 Å². The van der Waals surface area contributed by atoms with E-state index < -0.39 is 5.97 Å². The zero-order valence-corrected chi connectivity index (χ0v) is 8.15. The van der Waals surface area contributed by atoms with Crippen LogP contribution in [0.25, 0.3) is 6.08 Å². The Morgan fingerprint density at radius 1 is 1.43 bits per heavy atom. The molecule has 0 aromatic heterocycles. The van der Waals surface area contributed by atoms with Crippen molar-refractivity contribution < 1.29 is 14.6 Å². The van der Waals surface area contributed by atoms with Crippen molar-refractivity contribution in [2.45, 2.75) is 6.92 Å². The van der Waals surface area contributed by atoms with Gasteiger partial charge in [-0.15, -0.1) is 0 Å². The highest BCUT2D eigenvalue weighted by molar-refractivity contribution is 5.85. The van der Waals surface area contributed by atoms with E-state index in [1.807, 2.05) is 19.1 Å². The zero-order chi connectivity index (χ0) is 10.6. The molecule has 74 valence electrons. The minimum absolute atomic E-state index is 0.732. The number of carboxylic acid groups (broad SMARTS) is 1. The van der Waals surface area contributed by atoms with Crippen LogP contribution < -0.4 is 4.74 Å². The molecule has 0 aliphatic heterocycles. The Kier molecular flexibility index (Phi) is 3.29. The summed E-state index contributed by atoms with van der Waals surface area (Å²) in [5.41, 5.74) is 1.86. The minimum atomic E-state index is -0.953. The van der Waals surface area contributed by atoms with Crippen molar-refractivity contribution in [1.29, 1.82) is 0 Å². The van der Waals surface area contributed by atoms with Crippen LogP contribution in [0.4, 0.5) is 0 Å². The molecule has 0 atom stereocenters. The quantitative estimate of drug-likeness (QED) is 0.746. The van der Waals surface area contributed by atoms with Crippen molar-refractivity contribution in [2.24, 2.45) is 0 Å². The molecule has 3 nitrogen and oxygen atoms in total. The lowest BCUT2D eigenvalue weighted by molar-refractivity contribution is -0.131. The first-order valence-electron chi connectivity index (χ1n) is 4.18. The van der Waals surface area contributed by atoms with Gasteiger partial charge in [0.1, 0.15) is 5.75 Å². The number of ether oxygens (including phenoxy) is 1. The molecule has 0 heterocycles. The summed E-state index contributed by atoms with van der Waals surface area (Å²) < 4.78 is 5.06. The number of rotatable bonds is 3. The normalized spacial score (nSPS) is 10.4. The second kappa shape index (κ2) is 4.46. The summed E-state index contributed by atoms with van der Waals surface area (Å²) in [6.07, 6.45) is 2.64. The van der Waals surface area contributed by atoms with Crippen molar-refractivity contribution >= 4 is 12.0 Å². The highest BCUT2D eigenvalue weighted by atomic mass is 16.5. The number of carbonyl (C=O) groups is 1. The largest absolute Gasteiger partial charge is 0.497 e. The summed E-state index contributed by atoms with van der Waals surface area (Å²) in [5.74, 6) is -0.222. The van der Waals surface area contributed by atoms with E-state index in [-0.39, 0.29) is 0 Å². The summed E-state index contributed by atoms with van der Waals surface area (Å²) in [7, 11) is 1.58. The fourth-order valence-electron chi connectivity index (χ4n) is 1.16. The molecular formula is C11H12O3. The highest BCUT2D eigenvalue weighted by Crippen LogP contribution is 2.17. The van der Waals surface area contributed by atoms with Gasteiger partial charge in [0.2, 0.25) is 0 Å². The van der Waals surface area contributed by atoms with E-state index >= 15 is 0 Å². The fourth-order valence-corrected chi connectivity index (χ4v) is 1.16. The molecule has 3 heteroatoms. The predicted octanol–water partition coefficient (Wildman–Crippen LogP) is 2.10. The Morgan fingerprint density at radius 2 is 2.14 bits per heavy atom. The minimum Gasteiger partial charge on any atom is -0.497 e. The Balaban J connectivity index is 2.97. The van der Waals surface area contributed by atoms with E-state index in [1.54, 1.807) is 13.2 Å². The van der Waals surface area contributed by atoms with Crippen LogP contribution in [-0.4, -0.2) is 18.2 Å². The Labute approximate surface area is 82.6 Å². The van der Waals surface area contributed by atoms with Crippen molar-refractivity contribution in [3.8, 4) is 5.75 Å². The van der Waals surface area contributed by atoms with Gasteiger partial charge in [-0.05, 0) is 36.3 Å². The Bertz CT molecular complexity index is 367. The van der Waals surface area contributed by atoms with E-state index in [1.165, 1.54) is 6.08 Å². The molecule has 0 aliphatic carbocycles. The van der Waals surface area contributed by atoms with Gasteiger partial charge in [-0.3, -0.25) is 0 Å². The molecule has 0 amide bonds. The van der Waals surface area contributed by atoms with E-state index in [0.717, 1.165) is 23.0 Å². The van der Waals surface area contributed by atoms with Gasteiger partial charge in [-0.1, -0.05) is 6.07 Å². The summed E-state index contributed by atoms with van der Waals surface area (Å²) in [4.78, 5) is 10.3. The molecule has 0 spiro atoms. The SMILES string of the molecule is COc1cc(C)cc(C=CC(=O)O)c1. The van der Waals surface area contributed by atoms with E-state index in [4.69, 9.17) is 9.84 Å². The molecule has 0 unspecified atom stereocenters. The standard InChI is InChI=1S/C11H12O3/c1-8-5-9(3-4-11(12)13)7-10(6-8)14-2/h3-7H,1-2H3,(H,12,13). The lowest BCUT2D eigenvalue weighted by atomic mass is 10.1. The maximum absolute atomic E-state index is 10.3. The second-order valence-electron chi connectivity index (χ2n) is 2.96. The Hall–Kier alpha value is -1.77. The topological polar surface area (TPSA) is 46.5 Å². The number of methoxy groups -OCH3 is 1. The molecule has 1 aromatic carbocycles. The van der Waals surface area contributed by atoms with Crippen LogP contribution in [-0.2, 0) is 4.79 Å². The predicted molar refractivity (Wildman–Crippen MR) is 54.4 cm³/mol. The number of benzene rings is 1. The lowest BCUT2D eigenvalue weighted by Crippen LogP contribution is -1.88. The van der Waals surface area contributed by atoms with Crippen LogP contribution in [0.15, 0.2) is 24.3 Å². The molecule has 1 aromatic rings. The molecule has 1 rings (SSSR count). The zero-order valence-electron chi connectivity index (χ0n) is 8.15. The molecule has 0 saturated heterocycles. The summed E-state index contributed by atoms with van der Waals surface area (Å²) in [6, 6.07) is 5.56. The van der Waals surface area contributed by atoms with E-state index in [0.29, 0.717) is 0 Å². The van der Waals surface area contributed by atoms with Crippen molar-refractivity contribution in [3.63, 3.8) is 0 Å². The molecule has 0 bridgehead atoms. The summed E-state index contributed by atoms with van der Waals surface area (Å²) in [6.45, 7) is 1.93. The van der Waals surface area contributed by atoms with Crippen molar-refractivity contribution in [1.82, 2.24) is 0 Å². The van der Waals surface area contributed by atoms with Gasteiger partial charge in [-0.2, -0.15) is 0 Å². The number of hydrogen-bond donors (Lipinski definition) is 1. The molecule has 1 N–H and O–H groups in total. The molecule has 0 radical (unpaired) electrons. The van der Waals surface area contributed by atoms with Crippen molar-refractivity contribution in [2.75, 3.05) is 7.11 Å². The number of carboxylic acids is 1. The number of hydrogen-bond acceptors (Lipinski definition) is 2. The average Bonchev–Trinajstić information content (AvgIpc) is 2.14. The monoisotopic (exact) mass is 192 g/mol. The van der Waals surface area contributed by atoms with Crippen LogP contribution in [0.3, 0.4) is 0 Å². The number of aryl methyl sites for hydroxylation is 1. The third-order valence-electron chi connectivity index (χ3n) is 1.73. The summed E-state index contributed by atoms with van der Waals surface area (Å²) >= 11 is 0. The first-order valence-corrected chi connectivity index (χ1v) is 4.18. The second-order valence-corrected chi connectivity index (χ2v) is 2.96. The third-order valence-corrected chi connectivity index (χ3v) is 1.73. The molecular weight excluding hydrogens is 180 g/mol. The molecule has 0 aliphatic rings. The van der Waals surface area contributed by atoms with Gasteiger partial charge in [0.15, 0.2) is 0 Å². The number of aliphatic carboxylic acids is 1. The van der Waals surface area contributed by atoms with Gasteiger partial charge in [0, 0.05) is 6.08 Å². The van der Waals surface area contributed by atoms with Crippen LogP contribution >= 0.6 is 0 Å². The van der Waals surface area contributed by atoms with E-state index in [2.05, 4.69) is 0 Å². The maximum Gasteiger partial charge on any atom is 0.328 e. The van der Waals surface area contributed by atoms with Gasteiger partial charge in [-0.25, -0.2) is 4.79 Å². The average molecular weight is 192 g/mol. The van der Waals surface area contributed by atoms with Crippen LogP contribution in [0.2, 0.25) is 0 Å². The highest BCUT2D eigenvalue weighted by Gasteiger charge is 1.96. The van der Waals surface area contributed by atoms with E-state index in [9.17, 15) is 4.79 Å². The fraction of sp³-hybridized carbons (Fsp3) is 0.182. The third kappa shape index (κ3) is 2.94. The van der Waals surface area contributed by atoms with Crippen LogP contribution in [0.1, 0.15) is 11.1 Å². The molecule has 14 heavy (non-hydrogen) atoms. The molecule has 0 saturated carbocycles. The van der Waals surface area contributed by atoms with Gasteiger partial charge >= 0.3 is 5.97 Å². The van der Waals surface area contributed by atoms with Crippen LogP contribution in [0, 0.1) is 6.92 Å². The van der Waals surface area contributed by atoms with Crippen LogP contribution in [0.5, 0.6) is 5.75 Å². The smallest absolute Gasteiger partial charge is 0.328 e.